The lowest BCUT2D eigenvalue weighted by atomic mass is 9.99. The predicted molar refractivity (Wildman–Crippen MR) is 51.1 cm³/mol. The molecule has 72 valence electrons. The van der Waals surface area contributed by atoms with Gasteiger partial charge in [0, 0.05) is 6.54 Å². The molecule has 4 heteroatoms. The minimum Gasteiger partial charge on any atom is -0.391 e. The van der Waals surface area contributed by atoms with E-state index < -0.39 is 11.6 Å². The highest BCUT2D eigenvalue weighted by Crippen LogP contribution is 2.07. The normalized spacial score (nSPS) is 15.9. The molecule has 0 amide bonds. The van der Waals surface area contributed by atoms with Gasteiger partial charge in [-0.25, -0.2) is 0 Å². The lowest BCUT2D eigenvalue weighted by Crippen LogP contribution is -2.53. The van der Waals surface area contributed by atoms with Crippen molar-refractivity contribution in [3.63, 3.8) is 0 Å². The van der Waals surface area contributed by atoms with Crippen molar-refractivity contribution in [3.8, 4) is 0 Å². The van der Waals surface area contributed by atoms with E-state index in [2.05, 4.69) is 10.3 Å². The topological polar surface area (TPSA) is 70.6 Å². The van der Waals surface area contributed by atoms with E-state index in [1.807, 2.05) is 20.8 Å². The highest BCUT2D eigenvalue weighted by atomic mass is 16.3. The Labute approximate surface area is 73.9 Å². The van der Waals surface area contributed by atoms with Gasteiger partial charge < -0.3 is 16.2 Å². The summed E-state index contributed by atoms with van der Waals surface area (Å²) < 4.78 is 0. The first-order valence-electron chi connectivity index (χ1n) is 4.16. The van der Waals surface area contributed by atoms with Crippen LogP contribution < -0.4 is 11.1 Å². The van der Waals surface area contributed by atoms with Crippen LogP contribution in [0.3, 0.4) is 0 Å². The summed E-state index contributed by atoms with van der Waals surface area (Å²) in [4.78, 5) is 3.96. The standard InChI is InChI=1S/C8H19N3O/c1-5-10-7(9)11-8(3,4)6(2)12/h6,12H,5H2,1-4H3,(H3,9,10,11). The monoisotopic (exact) mass is 173 g/mol. The number of rotatable bonds is 3. The van der Waals surface area contributed by atoms with E-state index in [9.17, 15) is 5.11 Å². The van der Waals surface area contributed by atoms with Gasteiger partial charge in [0.1, 0.15) is 0 Å². The molecule has 4 nitrogen and oxygen atoms in total. The minimum absolute atomic E-state index is 0.378. The molecule has 0 aromatic carbocycles. The maximum Gasteiger partial charge on any atom is 0.189 e. The minimum atomic E-state index is -0.469. The molecule has 0 radical (unpaired) electrons. The van der Waals surface area contributed by atoms with Gasteiger partial charge in [-0.15, -0.1) is 0 Å². The van der Waals surface area contributed by atoms with Crippen molar-refractivity contribution in [1.82, 2.24) is 5.32 Å². The van der Waals surface area contributed by atoms with Crippen molar-refractivity contribution >= 4 is 5.96 Å². The first-order valence-corrected chi connectivity index (χ1v) is 4.16. The van der Waals surface area contributed by atoms with Crippen molar-refractivity contribution in [2.75, 3.05) is 6.54 Å². The quantitative estimate of drug-likeness (QED) is 0.418. The van der Waals surface area contributed by atoms with Crippen LogP contribution in [0.5, 0.6) is 0 Å². The second-order valence-corrected chi connectivity index (χ2v) is 3.38. The van der Waals surface area contributed by atoms with Crippen molar-refractivity contribution in [1.29, 1.82) is 0 Å². The molecule has 0 spiro atoms. The van der Waals surface area contributed by atoms with Gasteiger partial charge in [-0.05, 0) is 27.7 Å². The van der Waals surface area contributed by atoms with Gasteiger partial charge in [-0.3, -0.25) is 4.99 Å². The van der Waals surface area contributed by atoms with Gasteiger partial charge in [0.05, 0.1) is 11.6 Å². The van der Waals surface area contributed by atoms with Crippen LogP contribution in [0.4, 0.5) is 0 Å². The molecule has 4 N–H and O–H groups in total. The number of hydrogen-bond donors (Lipinski definition) is 3. The zero-order valence-corrected chi connectivity index (χ0v) is 8.26. The Kier molecular flexibility index (Phi) is 4.03. The molecule has 0 fully saturated rings. The fourth-order valence-corrected chi connectivity index (χ4v) is 0.644. The van der Waals surface area contributed by atoms with Crippen LogP contribution >= 0.6 is 0 Å². The molecule has 0 saturated heterocycles. The summed E-state index contributed by atoms with van der Waals surface area (Å²) in [6, 6.07) is 0. The lowest BCUT2D eigenvalue weighted by molar-refractivity contribution is 0.109. The molecule has 0 bridgehead atoms. The van der Waals surface area contributed by atoms with Crippen LogP contribution in [-0.4, -0.2) is 29.3 Å². The van der Waals surface area contributed by atoms with Gasteiger partial charge >= 0.3 is 0 Å². The number of nitrogens with one attached hydrogen (secondary N) is 1. The zero-order valence-electron chi connectivity index (χ0n) is 8.26. The lowest BCUT2D eigenvalue weighted by Gasteiger charge is -2.29. The molecular weight excluding hydrogens is 154 g/mol. The van der Waals surface area contributed by atoms with Crippen molar-refractivity contribution in [2.24, 2.45) is 10.7 Å². The number of nitrogens with two attached hydrogens (primary N) is 1. The molecule has 0 aliphatic heterocycles. The van der Waals surface area contributed by atoms with Gasteiger partial charge in [0.15, 0.2) is 5.96 Å². The third-order valence-corrected chi connectivity index (χ3v) is 1.82. The highest BCUT2D eigenvalue weighted by molar-refractivity contribution is 5.78. The maximum atomic E-state index is 9.32. The summed E-state index contributed by atoms with van der Waals surface area (Å²) in [6.45, 7) is 8.01. The van der Waals surface area contributed by atoms with Crippen LogP contribution in [0.25, 0.3) is 0 Å². The molecule has 0 aliphatic rings. The first-order chi connectivity index (χ1) is 5.40. The van der Waals surface area contributed by atoms with E-state index in [0.717, 1.165) is 0 Å². The van der Waals surface area contributed by atoms with E-state index >= 15 is 0 Å². The van der Waals surface area contributed by atoms with E-state index in [-0.39, 0.29) is 0 Å². The Morgan fingerprint density at radius 3 is 2.50 bits per heavy atom. The number of aliphatic hydroxyl groups excluding tert-OH is 1. The molecular formula is C8H19N3O. The summed E-state index contributed by atoms with van der Waals surface area (Å²) in [5, 5.41) is 12.3. The van der Waals surface area contributed by atoms with Crippen LogP contribution in [0.2, 0.25) is 0 Å². The third kappa shape index (κ3) is 3.57. The first kappa shape index (κ1) is 11.2. The van der Waals surface area contributed by atoms with E-state index in [1.165, 1.54) is 0 Å². The average Bonchev–Trinajstić information content (AvgIpc) is 1.85. The Morgan fingerprint density at radius 2 is 2.17 bits per heavy atom. The number of guanidine groups is 1. The van der Waals surface area contributed by atoms with Crippen molar-refractivity contribution in [3.05, 3.63) is 0 Å². The average molecular weight is 173 g/mol. The summed E-state index contributed by atoms with van der Waals surface area (Å²) >= 11 is 0. The Morgan fingerprint density at radius 1 is 1.67 bits per heavy atom. The van der Waals surface area contributed by atoms with Gasteiger partial charge in [-0.1, -0.05) is 0 Å². The molecule has 0 aromatic heterocycles. The third-order valence-electron chi connectivity index (χ3n) is 1.82. The molecule has 0 aliphatic carbocycles. The van der Waals surface area contributed by atoms with Crippen LogP contribution in [-0.2, 0) is 0 Å². The van der Waals surface area contributed by atoms with Crippen LogP contribution in [0, 0.1) is 0 Å². The van der Waals surface area contributed by atoms with Crippen LogP contribution in [0.1, 0.15) is 27.7 Å². The Hall–Kier alpha value is -0.770. The van der Waals surface area contributed by atoms with Crippen LogP contribution in [0.15, 0.2) is 4.99 Å². The Balaban J connectivity index is 4.15. The molecule has 0 saturated carbocycles. The summed E-state index contributed by atoms with van der Waals surface area (Å²) in [5.41, 5.74) is 5.11. The fraction of sp³-hybridized carbons (Fsp3) is 0.875. The van der Waals surface area contributed by atoms with E-state index in [4.69, 9.17) is 5.73 Å². The maximum absolute atomic E-state index is 9.32. The molecule has 1 unspecified atom stereocenters. The smallest absolute Gasteiger partial charge is 0.189 e. The molecule has 0 rings (SSSR count). The summed E-state index contributed by atoms with van der Waals surface area (Å²) in [7, 11) is 0. The van der Waals surface area contributed by atoms with Crippen molar-refractivity contribution < 1.29 is 5.11 Å². The van der Waals surface area contributed by atoms with E-state index in [1.54, 1.807) is 6.92 Å². The fourth-order valence-electron chi connectivity index (χ4n) is 0.644. The zero-order chi connectivity index (χ0) is 9.78. The SMILES string of the molecule is CCN=C(N)NC(C)(C)C(C)O. The second-order valence-electron chi connectivity index (χ2n) is 3.38. The predicted octanol–water partition coefficient (Wildman–Crippen LogP) is 0.0700. The number of nitrogens with zero attached hydrogens (tertiary/aromatic N) is 1. The molecule has 0 heterocycles. The summed E-state index contributed by atoms with van der Waals surface area (Å²) in [6.07, 6.45) is -0.469. The Bertz CT molecular complexity index is 164. The highest BCUT2D eigenvalue weighted by Gasteiger charge is 2.23. The summed E-state index contributed by atoms with van der Waals surface area (Å²) in [5.74, 6) is 0.378. The number of aliphatic hydroxyl groups is 1. The van der Waals surface area contributed by atoms with Gasteiger partial charge in [0.25, 0.3) is 0 Å². The molecule has 12 heavy (non-hydrogen) atoms. The van der Waals surface area contributed by atoms with Crippen molar-refractivity contribution in [2.45, 2.75) is 39.3 Å². The van der Waals surface area contributed by atoms with Gasteiger partial charge in [-0.2, -0.15) is 0 Å². The molecule has 1 atom stereocenters. The second kappa shape index (κ2) is 4.30. The van der Waals surface area contributed by atoms with Gasteiger partial charge in [0.2, 0.25) is 0 Å². The largest absolute Gasteiger partial charge is 0.391 e. The number of hydrogen-bond acceptors (Lipinski definition) is 2. The van der Waals surface area contributed by atoms with E-state index in [0.29, 0.717) is 12.5 Å². The number of aliphatic imine (C=N–C) groups is 1. The molecule has 0 aromatic rings.